The highest BCUT2D eigenvalue weighted by Crippen LogP contribution is 2.23. The quantitative estimate of drug-likeness (QED) is 0.652. The van der Waals surface area contributed by atoms with E-state index in [4.69, 9.17) is 0 Å². The number of hydrogen-bond donors (Lipinski definition) is 1. The first-order chi connectivity index (χ1) is 5.36. The summed E-state index contributed by atoms with van der Waals surface area (Å²) in [6.07, 6.45) is 2.49. The molecule has 1 nitrogen and oxygen atoms in total. The molecule has 0 saturated carbocycles. The fourth-order valence-electron chi connectivity index (χ4n) is 1.59. The van der Waals surface area contributed by atoms with Crippen LogP contribution >= 0.6 is 12.4 Å². The first kappa shape index (κ1) is 9.40. The van der Waals surface area contributed by atoms with Crippen LogP contribution in [0.1, 0.15) is 18.9 Å². The van der Waals surface area contributed by atoms with Crippen LogP contribution in [0.2, 0.25) is 0 Å². The molecule has 0 aromatic heterocycles. The van der Waals surface area contributed by atoms with Crippen LogP contribution in [0.5, 0.6) is 0 Å². The molecule has 1 aromatic carbocycles. The Morgan fingerprint density at radius 3 is 2.92 bits per heavy atom. The first-order valence-electron chi connectivity index (χ1n) is 4.21. The van der Waals surface area contributed by atoms with Crippen LogP contribution in [0.15, 0.2) is 24.3 Å². The summed E-state index contributed by atoms with van der Waals surface area (Å²) in [5, 5.41) is 3.46. The highest BCUT2D eigenvalue weighted by atomic mass is 35.5. The number of anilines is 1. The van der Waals surface area contributed by atoms with Crippen LogP contribution in [-0.4, -0.2) is 6.04 Å². The second-order valence-electron chi connectivity index (χ2n) is 3.24. The molecule has 66 valence electrons. The van der Waals surface area contributed by atoms with Gasteiger partial charge in [0, 0.05) is 11.7 Å². The maximum Gasteiger partial charge on any atom is 0.0374 e. The van der Waals surface area contributed by atoms with Crippen molar-refractivity contribution in [3.05, 3.63) is 29.8 Å². The van der Waals surface area contributed by atoms with Gasteiger partial charge in [-0.25, -0.2) is 0 Å². The van der Waals surface area contributed by atoms with Crippen molar-refractivity contribution in [3.8, 4) is 0 Å². The lowest BCUT2D eigenvalue weighted by Gasteiger charge is -2.23. The van der Waals surface area contributed by atoms with Crippen LogP contribution < -0.4 is 5.32 Å². The topological polar surface area (TPSA) is 12.0 Å². The summed E-state index contributed by atoms with van der Waals surface area (Å²) in [6.45, 7) is 2.23. The number of para-hydroxylation sites is 1. The van der Waals surface area contributed by atoms with Gasteiger partial charge in [0.05, 0.1) is 0 Å². The van der Waals surface area contributed by atoms with Crippen molar-refractivity contribution in [2.75, 3.05) is 5.32 Å². The van der Waals surface area contributed by atoms with Gasteiger partial charge in [0.25, 0.3) is 0 Å². The summed E-state index contributed by atoms with van der Waals surface area (Å²) >= 11 is 0. The van der Waals surface area contributed by atoms with Gasteiger partial charge in [-0.3, -0.25) is 0 Å². The van der Waals surface area contributed by atoms with E-state index in [0.717, 1.165) is 0 Å². The zero-order chi connectivity index (χ0) is 7.68. The molecule has 1 heterocycles. The summed E-state index contributed by atoms with van der Waals surface area (Å²) in [5.74, 6) is 0. The summed E-state index contributed by atoms with van der Waals surface area (Å²) in [7, 11) is 0. The minimum Gasteiger partial charge on any atom is -0.382 e. The number of nitrogens with one attached hydrogen (secondary N) is 1. The minimum absolute atomic E-state index is 0. The Hall–Kier alpha value is -0.690. The van der Waals surface area contributed by atoms with Crippen molar-refractivity contribution < 1.29 is 0 Å². The molecule has 1 aromatic rings. The van der Waals surface area contributed by atoms with E-state index in [-0.39, 0.29) is 12.4 Å². The van der Waals surface area contributed by atoms with Crippen LogP contribution in [0, 0.1) is 0 Å². The summed E-state index contributed by atoms with van der Waals surface area (Å²) in [4.78, 5) is 0. The lowest BCUT2D eigenvalue weighted by Crippen LogP contribution is -2.21. The summed E-state index contributed by atoms with van der Waals surface area (Å²) < 4.78 is 0. The first-order valence-corrected chi connectivity index (χ1v) is 4.21. The summed E-state index contributed by atoms with van der Waals surface area (Å²) in [5.41, 5.74) is 2.79. The normalized spacial score (nSPS) is 20.2. The molecule has 0 spiro atoms. The van der Waals surface area contributed by atoms with Crippen molar-refractivity contribution in [2.45, 2.75) is 25.8 Å². The smallest absolute Gasteiger partial charge is 0.0374 e. The third-order valence-electron chi connectivity index (χ3n) is 2.27. The Bertz CT molecular complexity index is 260. The monoisotopic (exact) mass is 183 g/mol. The van der Waals surface area contributed by atoms with Gasteiger partial charge in [-0.15, -0.1) is 12.4 Å². The van der Waals surface area contributed by atoms with Gasteiger partial charge in [0.2, 0.25) is 0 Å². The average molecular weight is 184 g/mol. The average Bonchev–Trinajstić information content (AvgIpc) is 2.04. The molecule has 2 rings (SSSR count). The molecule has 0 radical (unpaired) electrons. The van der Waals surface area contributed by atoms with Gasteiger partial charge in [-0.05, 0) is 31.4 Å². The standard InChI is InChI=1S/C10H13N.ClH/c1-8-6-7-9-4-2-3-5-10(9)11-8;/h2-5,8,11H,6-7H2,1H3;1H/t8-;/m1./s1. The van der Waals surface area contributed by atoms with E-state index in [2.05, 4.69) is 36.5 Å². The third-order valence-corrected chi connectivity index (χ3v) is 2.27. The highest BCUT2D eigenvalue weighted by Gasteiger charge is 2.11. The predicted molar refractivity (Wildman–Crippen MR) is 55.1 cm³/mol. The van der Waals surface area contributed by atoms with Crippen molar-refractivity contribution in [3.63, 3.8) is 0 Å². The Kier molecular flexibility index (Phi) is 2.99. The number of rotatable bonds is 0. The van der Waals surface area contributed by atoms with Crippen molar-refractivity contribution in [1.29, 1.82) is 0 Å². The molecule has 0 unspecified atom stereocenters. The molecular weight excluding hydrogens is 170 g/mol. The number of hydrogen-bond acceptors (Lipinski definition) is 1. The van der Waals surface area contributed by atoms with E-state index in [0.29, 0.717) is 6.04 Å². The third kappa shape index (κ3) is 1.72. The maximum absolute atomic E-state index is 3.46. The molecule has 12 heavy (non-hydrogen) atoms. The van der Waals surface area contributed by atoms with Crippen molar-refractivity contribution >= 4 is 18.1 Å². The van der Waals surface area contributed by atoms with E-state index < -0.39 is 0 Å². The molecule has 1 atom stereocenters. The highest BCUT2D eigenvalue weighted by molar-refractivity contribution is 5.85. The van der Waals surface area contributed by atoms with Gasteiger partial charge >= 0.3 is 0 Å². The zero-order valence-corrected chi connectivity index (χ0v) is 8.03. The van der Waals surface area contributed by atoms with Gasteiger partial charge in [-0.2, -0.15) is 0 Å². The molecule has 1 N–H and O–H groups in total. The van der Waals surface area contributed by atoms with Gasteiger partial charge in [0.15, 0.2) is 0 Å². The van der Waals surface area contributed by atoms with Crippen LogP contribution in [0.3, 0.4) is 0 Å². The molecule has 0 saturated heterocycles. The van der Waals surface area contributed by atoms with E-state index in [1.807, 2.05) is 0 Å². The molecule has 0 bridgehead atoms. The number of halogens is 1. The van der Waals surface area contributed by atoms with Crippen LogP contribution in [0.25, 0.3) is 0 Å². The van der Waals surface area contributed by atoms with Crippen molar-refractivity contribution in [1.82, 2.24) is 0 Å². The van der Waals surface area contributed by atoms with E-state index in [1.165, 1.54) is 24.1 Å². The molecule has 0 amide bonds. The zero-order valence-electron chi connectivity index (χ0n) is 7.21. The van der Waals surface area contributed by atoms with Crippen LogP contribution in [-0.2, 0) is 6.42 Å². The largest absolute Gasteiger partial charge is 0.382 e. The molecular formula is C10H14ClN. The Labute approximate surface area is 79.6 Å². The second-order valence-corrected chi connectivity index (χ2v) is 3.24. The van der Waals surface area contributed by atoms with Gasteiger partial charge in [0.1, 0.15) is 0 Å². The fourth-order valence-corrected chi connectivity index (χ4v) is 1.59. The minimum atomic E-state index is 0. The second kappa shape index (κ2) is 3.81. The van der Waals surface area contributed by atoms with Crippen LogP contribution in [0.4, 0.5) is 5.69 Å². The lowest BCUT2D eigenvalue weighted by atomic mass is 9.99. The van der Waals surface area contributed by atoms with Crippen molar-refractivity contribution in [2.24, 2.45) is 0 Å². The Balaban J connectivity index is 0.000000720. The van der Waals surface area contributed by atoms with Gasteiger partial charge < -0.3 is 5.32 Å². The number of benzene rings is 1. The molecule has 1 aliphatic rings. The Morgan fingerprint density at radius 1 is 1.33 bits per heavy atom. The number of aryl methyl sites for hydroxylation is 1. The van der Waals surface area contributed by atoms with E-state index in [1.54, 1.807) is 0 Å². The number of fused-ring (bicyclic) bond motifs is 1. The van der Waals surface area contributed by atoms with E-state index in [9.17, 15) is 0 Å². The Morgan fingerprint density at radius 2 is 2.08 bits per heavy atom. The molecule has 1 aliphatic heterocycles. The summed E-state index contributed by atoms with van der Waals surface area (Å²) in [6, 6.07) is 9.20. The van der Waals surface area contributed by atoms with Gasteiger partial charge in [-0.1, -0.05) is 18.2 Å². The molecule has 0 fully saturated rings. The molecule has 0 aliphatic carbocycles. The maximum atomic E-state index is 3.46. The lowest BCUT2D eigenvalue weighted by molar-refractivity contribution is 0.681. The van der Waals surface area contributed by atoms with E-state index >= 15 is 0 Å². The molecule has 2 heteroatoms. The predicted octanol–water partition coefficient (Wildman–Crippen LogP) is 2.86. The SMILES string of the molecule is C[C@@H]1CCc2ccccc2N1.Cl. The fraction of sp³-hybridized carbons (Fsp3) is 0.400.